The number of hydrogen-bond donors (Lipinski definition) is 3. The van der Waals surface area contributed by atoms with Gasteiger partial charge in [0.15, 0.2) is 0 Å². The lowest BCUT2D eigenvalue weighted by Crippen LogP contribution is -2.23. The van der Waals surface area contributed by atoms with Gasteiger partial charge in [0, 0.05) is 34.5 Å². The van der Waals surface area contributed by atoms with Gasteiger partial charge in [-0.3, -0.25) is 4.79 Å². The molecule has 1 amide bonds. The van der Waals surface area contributed by atoms with E-state index < -0.39 is 12.5 Å². The van der Waals surface area contributed by atoms with Gasteiger partial charge in [-0.2, -0.15) is 0 Å². The van der Waals surface area contributed by atoms with Gasteiger partial charge in [0.25, 0.3) is 5.92 Å². The largest absolute Gasteiger partial charge is 0.494 e. The SMILES string of the molecule is COc1cc(N)c(S)cc1Nc1ncnc2sc3c(c12)CCCC3.O=CN1CCC(F)(F)C1. The van der Waals surface area contributed by atoms with Gasteiger partial charge >= 0.3 is 0 Å². The maximum Gasteiger partial charge on any atom is 0.267 e. The Morgan fingerprint density at radius 1 is 1.30 bits per heavy atom. The van der Waals surface area contributed by atoms with E-state index in [0.717, 1.165) is 39.5 Å². The maximum absolute atomic E-state index is 12.2. The summed E-state index contributed by atoms with van der Waals surface area (Å²) in [5, 5.41) is 4.53. The molecule has 3 heterocycles. The highest BCUT2D eigenvalue weighted by molar-refractivity contribution is 7.80. The molecule has 0 saturated carbocycles. The van der Waals surface area contributed by atoms with Crippen molar-refractivity contribution in [1.82, 2.24) is 14.9 Å². The third kappa shape index (κ3) is 5.14. The zero-order valence-electron chi connectivity index (χ0n) is 18.1. The number of thiophene rings is 1. The summed E-state index contributed by atoms with van der Waals surface area (Å²) in [4.78, 5) is 23.1. The average Bonchev–Trinajstić information content (AvgIpc) is 3.36. The van der Waals surface area contributed by atoms with Crippen LogP contribution in [0.15, 0.2) is 23.4 Å². The van der Waals surface area contributed by atoms with Crippen molar-refractivity contribution in [2.75, 3.05) is 31.2 Å². The number of nitrogens with one attached hydrogen (secondary N) is 1. The lowest BCUT2D eigenvalue weighted by molar-refractivity contribution is -0.118. The number of aryl methyl sites for hydroxylation is 2. The van der Waals surface area contributed by atoms with Crippen LogP contribution in [0.25, 0.3) is 10.2 Å². The van der Waals surface area contributed by atoms with E-state index in [4.69, 9.17) is 10.5 Å². The van der Waals surface area contributed by atoms with E-state index in [1.807, 2.05) is 6.07 Å². The Bertz CT molecular complexity index is 1170. The zero-order valence-corrected chi connectivity index (χ0v) is 19.8. The van der Waals surface area contributed by atoms with Crippen LogP contribution in [0.1, 0.15) is 29.7 Å². The van der Waals surface area contributed by atoms with Crippen LogP contribution in [0.5, 0.6) is 5.75 Å². The van der Waals surface area contributed by atoms with Gasteiger partial charge in [0.2, 0.25) is 6.41 Å². The van der Waals surface area contributed by atoms with Gasteiger partial charge in [0.1, 0.15) is 22.7 Å². The molecule has 0 unspecified atom stereocenters. The lowest BCUT2D eigenvalue weighted by Gasteiger charge is -2.15. The molecule has 1 saturated heterocycles. The van der Waals surface area contributed by atoms with Crippen LogP contribution >= 0.6 is 24.0 Å². The number of halogens is 2. The summed E-state index contributed by atoms with van der Waals surface area (Å²) in [6, 6.07) is 3.64. The van der Waals surface area contributed by atoms with Crippen molar-refractivity contribution >= 4 is 57.8 Å². The molecule has 0 atom stereocenters. The maximum atomic E-state index is 12.2. The Hall–Kier alpha value is -2.66. The highest BCUT2D eigenvalue weighted by atomic mass is 32.1. The molecule has 33 heavy (non-hydrogen) atoms. The van der Waals surface area contributed by atoms with Crippen molar-refractivity contribution in [2.24, 2.45) is 0 Å². The van der Waals surface area contributed by atoms with Crippen molar-refractivity contribution in [3.05, 3.63) is 28.9 Å². The van der Waals surface area contributed by atoms with Crippen molar-refractivity contribution in [3.8, 4) is 5.75 Å². The summed E-state index contributed by atoms with van der Waals surface area (Å²) >= 11 is 6.19. The average molecular weight is 494 g/mol. The first-order valence-corrected chi connectivity index (χ1v) is 11.8. The highest BCUT2D eigenvalue weighted by Gasteiger charge is 2.37. The van der Waals surface area contributed by atoms with E-state index in [2.05, 4.69) is 27.9 Å². The normalized spacial score (nSPS) is 16.7. The molecule has 2 aliphatic rings. The van der Waals surface area contributed by atoms with Crippen LogP contribution in [0.3, 0.4) is 0 Å². The highest BCUT2D eigenvalue weighted by Crippen LogP contribution is 2.40. The minimum atomic E-state index is -2.64. The number of anilines is 3. The van der Waals surface area contributed by atoms with Crippen LogP contribution in [0.2, 0.25) is 0 Å². The fourth-order valence-corrected chi connectivity index (χ4v) is 5.44. The minimum absolute atomic E-state index is 0.189. The number of rotatable bonds is 4. The second-order valence-electron chi connectivity index (χ2n) is 8.03. The number of amides is 1. The molecule has 0 bridgehead atoms. The topological polar surface area (TPSA) is 93.4 Å². The molecule has 1 fully saturated rings. The molecular formula is C22H25F2N5O2S2. The zero-order chi connectivity index (χ0) is 23.6. The van der Waals surface area contributed by atoms with Crippen molar-refractivity contribution < 1.29 is 18.3 Å². The van der Waals surface area contributed by atoms with Crippen LogP contribution in [0.4, 0.5) is 26.0 Å². The van der Waals surface area contributed by atoms with E-state index in [1.54, 1.807) is 30.8 Å². The quantitative estimate of drug-likeness (QED) is 0.278. The molecule has 0 spiro atoms. The molecule has 1 aliphatic heterocycles. The molecule has 2 aromatic heterocycles. The lowest BCUT2D eigenvalue weighted by atomic mass is 9.97. The van der Waals surface area contributed by atoms with Gasteiger partial charge in [-0.15, -0.1) is 24.0 Å². The number of nitrogens with zero attached hydrogens (tertiary/aromatic N) is 3. The van der Waals surface area contributed by atoms with E-state index in [0.29, 0.717) is 22.7 Å². The molecular weight excluding hydrogens is 468 g/mol. The molecule has 0 radical (unpaired) electrons. The number of thiol groups is 1. The summed E-state index contributed by atoms with van der Waals surface area (Å²) in [7, 11) is 1.63. The summed E-state index contributed by atoms with van der Waals surface area (Å²) in [6.45, 7) is -0.215. The smallest absolute Gasteiger partial charge is 0.267 e. The number of hydrogen-bond acceptors (Lipinski definition) is 8. The van der Waals surface area contributed by atoms with Crippen LogP contribution in [0, 0.1) is 0 Å². The Kier molecular flexibility index (Phi) is 6.89. The van der Waals surface area contributed by atoms with Gasteiger partial charge in [-0.1, -0.05) is 0 Å². The predicted octanol–water partition coefficient (Wildman–Crippen LogP) is 4.68. The predicted molar refractivity (Wildman–Crippen MR) is 129 cm³/mol. The van der Waals surface area contributed by atoms with Crippen molar-refractivity contribution in [2.45, 2.75) is 42.9 Å². The van der Waals surface area contributed by atoms with E-state index >= 15 is 0 Å². The Morgan fingerprint density at radius 3 is 2.76 bits per heavy atom. The van der Waals surface area contributed by atoms with Crippen LogP contribution in [-0.4, -0.2) is 47.4 Å². The molecule has 1 aliphatic carbocycles. The second-order valence-corrected chi connectivity index (χ2v) is 9.60. The van der Waals surface area contributed by atoms with Gasteiger partial charge in [-0.25, -0.2) is 18.7 Å². The molecule has 11 heteroatoms. The minimum Gasteiger partial charge on any atom is -0.494 e. The Morgan fingerprint density at radius 2 is 2.09 bits per heavy atom. The number of fused-ring (bicyclic) bond motifs is 3. The molecule has 5 rings (SSSR count). The number of carbonyl (C=O) groups excluding carboxylic acids is 1. The monoisotopic (exact) mass is 493 g/mol. The molecule has 7 nitrogen and oxygen atoms in total. The number of nitrogens with two attached hydrogens (primary N) is 1. The van der Waals surface area contributed by atoms with Gasteiger partial charge < -0.3 is 20.7 Å². The standard InChI is InChI=1S/C17H18N4OS2.C5H7F2NO/c1-22-12-6-10(18)13(23)7-11(12)21-16-15-9-4-2-3-5-14(9)24-17(15)20-8-19-16;6-5(7)1-2-8(3-5)4-9/h6-8,23H,2-5,18H2,1H3,(H,19,20,21);4H,1-3H2. The van der Waals surface area contributed by atoms with E-state index in [1.165, 1.54) is 23.3 Å². The number of carbonyl (C=O) groups is 1. The Balaban J connectivity index is 0.000000243. The molecule has 1 aromatic carbocycles. The number of methoxy groups -OCH3 is 1. The third-order valence-corrected chi connectivity index (χ3v) is 7.29. The number of ether oxygens (including phenoxy) is 1. The third-order valence-electron chi connectivity index (χ3n) is 5.70. The Labute approximate surface area is 199 Å². The molecule has 3 N–H and O–H groups in total. The van der Waals surface area contributed by atoms with Gasteiger partial charge in [0.05, 0.1) is 24.7 Å². The number of nitrogen functional groups attached to an aromatic ring is 1. The number of alkyl halides is 2. The van der Waals surface area contributed by atoms with Crippen molar-refractivity contribution in [3.63, 3.8) is 0 Å². The van der Waals surface area contributed by atoms with Crippen LogP contribution < -0.4 is 15.8 Å². The second kappa shape index (κ2) is 9.68. The first-order chi connectivity index (χ1) is 15.8. The fraction of sp³-hybridized carbons (Fsp3) is 0.409. The number of likely N-dealkylation sites (tertiary alicyclic amines) is 1. The summed E-state index contributed by atoms with van der Waals surface area (Å²) in [5.41, 5.74) is 8.69. The first kappa shape index (κ1) is 23.5. The van der Waals surface area contributed by atoms with E-state index in [-0.39, 0.29) is 13.0 Å². The molecule has 176 valence electrons. The summed E-state index contributed by atoms with van der Waals surface area (Å²) in [5.74, 6) is -1.16. The molecule has 3 aromatic rings. The van der Waals surface area contributed by atoms with Crippen molar-refractivity contribution in [1.29, 1.82) is 0 Å². The summed E-state index contributed by atoms with van der Waals surface area (Å²) in [6.07, 6.45) is 6.59. The van der Waals surface area contributed by atoms with E-state index in [9.17, 15) is 13.6 Å². The number of benzene rings is 1. The fourth-order valence-electron chi connectivity index (χ4n) is 4.02. The number of aromatic nitrogens is 2. The first-order valence-electron chi connectivity index (χ1n) is 10.6. The van der Waals surface area contributed by atoms with Crippen LogP contribution in [-0.2, 0) is 17.6 Å². The van der Waals surface area contributed by atoms with Gasteiger partial charge in [-0.05, 0) is 37.3 Å². The summed E-state index contributed by atoms with van der Waals surface area (Å²) < 4.78 is 29.8.